The number of fused-ring (bicyclic) bond motifs is 1. The van der Waals surface area contributed by atoms with Crippen molar-refractivity contribution in [3.05, 3.63) is 71.3 Å². The number of aliphatic hydroxyl groups is 1. The number of carbonyl (C=O) groups excluding carboxylic acids is 1. The summed E-state index contributed by atoms with van der Waals surface area (Å²) in [6.45, 7) is 1.55. The molecule has 0 aliphatic carbocycles. The highest BCUT2D eigenvalue weighted by Crippen LogP contribution is 2.22. The quantitative estimate of drug-likeness (QED) is 0.755. The topological polar surface area (TPSA) is 76.2 Å². The van der Waals surface area contributed by atoms with Crippen molar-refractivity contribution in [3.8, 4) is 0 Å². The second kappa shape index (κ2) is 6.96. The van der Waals surface area contributed by atoms with Crippen molar-refractivity contribution < 1.29 is 14.3 Å². The van der Waals surface area contributed by atoms with Gasteiger partial charge in [-0.1, -0.05) is 12.1 Å². The largest absolute Gasteiger partial charge is 0.379 e. The predicted octanol–water partition coefficient (Wildman–Crippen LogP) is 1.42. The third-order valence-corrected chi connectivity index (χ3v) is 4.82. The SMILES string of the molecule is Cn1ccnc1[C@H](O)c1cc2n(n1)CCN(C(=O)Cc1ccc(F)cc1)C2. The van der Waals surface area contributed by atoms with E-state index in [1.54, 1.807) is 34.0 Å². The van der Waals surface area contributed by atoms with Crippen molar-refractivity contribution in [1.29, 1.82) is 0 Å². The molecule has 0 bridgehead atoms. The summed E-state index contributed by atoms with van der Waals surface area (Å²) in [4.78, 5) is 18.5. The van der Waals surface area contributed by atoms with Gasteiger partial charge >= 0.3 is 0 Å². The molecule has 0 radical (unpaired) electrons. The van der Waals surface area contributed by atoms with Crippen molar-refractivity contribution in [1.82, 2.24) is 24.2 Å². The minimum Gasteiger partial charge on any atom is -0.379 e. The Labute approximate surface area is 155 Å². The molecule has 1 amide bonds. The van der Waals surface area contributed by atoms with Crippen LogP contribution in [0.25, 0.3) is 0 Å². The van der Waals surface area contributed by atoms with Crippen LogP contribution in [0.15, 0.2) is 42.7 Å². The molecule has 27 heavy (non-hydrogen) atoms. The molecule has 3 heterocycles. The standard InChI is InChI=1S/C19H20FN5O2/c1-23-7-6-21-19(23)18(27)16-11-15-12-24(8-9-25(15)22-16)17(26)10-13-2-4-14(20)5-3-13/h2-7,11,18,27H,8-10,12H2,1H3/t18-/m1/s1. The lowest BCUT2D eigenvalue weighted by atomic mass is 10.1. The molecule has 3 aromatic rings. The molecular weight excluding hydrogens is 349 g/mol. The van der Waals surface area contributed by atoms with Gasteiger partial charge < -0.3 is 14.6 Å². The summed E-state index contributed by atoms with van der Waals surface area (Å²) in [5.74, 6) is 0.196. The molecule has 1 aromatic carbocycles. The molecule has 1 aliphatic rings. The number of imidazole rings is 1. The van der Waals surface area contributed by atoms with Crippen LogP contribution in [0.4, 0.5) is 4.39 Å². The van der Waals surface area contributed by atoms with Crippen molar-refractivity contribution >= 4 is 5.91 Å². The van der Waals surface area contributed by atoms with Crippen LogP contribution in [-0.2, 0) is 31.4 Å². The van der Waals surface area contributed by atoms with E-state index in [1.807, 2.05) is 17.8 Å². The fourth-order valence-corrected chi connectivity index (χ4v) is 3.30. The summed E-state index contributed by atoms with van der Waals surface area (Å²) in [7, 11) is 1.82. The van der Waals surface area contributed by atoms with Crippen molar-refractivity contribution in [2.75, 3.05) is 6.54 Å². The van der Waals surface area contributed by atoms with E-state index in [2.05, 4.69) is 10.1 Å². The summed E-state index contributed by atoms with van der Waals surface area (Å²) >= 11 is 0. The summed E-state index contributed by atoms with van der Waals surface area (Å²) in [5, 5.41) is 15.0. The van der Waals surface area contributed by atoms with E-state index in [4.69, 9.17) is 0 Å². The van der Waals surface area contributed by atoms with Gasteiger partial charge in [-0.05, 0) is 23.8 Å². The lowest BCUT2D eigenvalue weighted by Gasteiger charge is -2.27. The number of hydrogen-bond donors (Lipinski definition) is 1. The third-order valence-electron chi connectivity index (χ3n) is 4.82. The van der Waals surface area contributed by atoms with E-state index < -0.39 is 6.10 Å². The molecule has 1 atom stereocenters. The minimum atomic E-state index is -0.911. The Morgan fingerprint density at radius 1 is 1.30 bits per heavy atom. The van der Waals surface area contributed by atoms with Gasteiger partial charge in [0.2, 0.25) is 5.91 Å². The molecule has 2 aromatic heterocycles. The van der Waals surface area contributed by atoms with Crippen molar-refractivity contribution in [3.63, 3.8) is 0 Å². The third kappa shape index (κ3) is 3.48. The highest BCUT2D eigenvalue weighted by atomic mass is 19.1. The van der Waals surface area contributed by atoms with Crippen LogP contribution in [0, 0.1) is 5.82 Å². The van der Waals surface area contributed by atoms with Gasteiger partial charge in [-0.25, -0.2) is 9.37 Å². The van der Waals surface area contributed by atoms with Crippen molar-refractivity contribution in [2.24, 2.45) is 7.05 Å². The Balaban J connectivity index is 1.47. The Morgan fingerprint density at radius 2 is 2.07 bits per heavy atom. The molecule has 7 nitrogen and oxygen atoms in total. The Bertz CT molecular complexity index is 963. The Morgan fingerprint density at radius 3 is 2.78 bits per heavy atom. The lowest BCUT2D eigenvalue weighted by Crippen LogP contribution is -2.39. The van der Waals surface area contributed by atoms with Gasteiger partial charge in [0.1, 0.15) is 11.6 Å². The lowest BCUT2D eigenvalue weighted by molar-refractivity contribution is -0.132. The second-order valence-corrected chi connectivity index (χ2v) is 6.70. The number of rotatable bonds is 4. The van der Waals surface area contributed by atoms with Gasteiger partial charge in [-0.3, -0.25) is 9.48 Å². The normalized spacial score (nSPS) is 14.9. The predicted molar refractivity (Wildman–Crippen MR) is 95.0 cm³/mol. The number of aromatic nitrogens is 4. The second-order valence-electron chi connectivity index (χ2n) is 6.70. The molecule has 1 N–H and O–H groups in total. The zero-order chi connectivity index (χ0) is 19.0. The highest BCUT2D eigenvalue weighted by Gasteiger charge is 2.25. The van der Waals surface area contributed by atoms with Gasteiger partial charge in [0.05, 0.1) is 30.9 Å². The summed E-state index contributed by atoms with van der Waals surface area (Å²) in [6.07, 6.45) is 2.72. The molecule has 0 unspecified atom stereocenters. The van der Waals surface area contributed by atoms with Crippen LogP contribution in [0.3, 0.4) is 0 Å². The average molecular weight is 369 g/mol. The molecule has 0 spiro atoms. The maximum Gasteiger partial charge on any atom is 0.227 e. The van der Waals surface area contributed by atoms with Crippen molar-refractivity contribution in [2.45, 2.75) is 25.6 Å². The monoisotopic (exact) mass is 369 g/mol. The number of aliphatic hydroxyl groups excluding tert-OH is 1. The minimum absolute atomic E-state index is 0.0137. The van der Waals surface area contributed by atoms with E-state index in [9.17, 15) is 14.3 Å². The van der Waals surface area contributed by atoms with Gasteiger partial charge in [-0.15, -0.1) is 0 Å². The molecule has 140 valence electrons. The Hall–Kier alpha value is -3.00. The fourth-order valence-electron chi connectivity index (χ4n) is 3.30. The smallest absolute Gasteiger partial charge is 0.227 e. The van der Waals surface area contributed by atoms with Crippen LogP contribution >= 0.6 is 0 Å². The van der Waals surface area contributed by atoms with Gasteiger partial charge in [-0.2, -0.15) is 5.10 Å². The maximum atomic E-state index is 13.0. The van der Waals surface area contributed by atoms with Crippen LogP contribution < -0.4 is 0 Å². The summed E-state index contributed by atoms with van der Waals surface area (Å²) < 4.78 is 16.6. The van der Waals surface area contributed by atoms with E-state index >= 15 is 0 Å². The average Bonchev–Trinajstić information content (AvgIpc) is 3.28. The number of nitrogens with zero attached hydrogens (tertiary/aromatic N) is 5. The molecule has 0 saturated heterocycles. The Kier molecular flexibility index (Phi) is 4.49. The number of hydrogen-bond acceptors (Lipinski definition) is 4. The maximum absolute atomic E-state index is 13.0. The molecule has 8 heteroatoms. The van der Waals surface area contributed by atoms with Crippen LogP contribution in [0.5, 0.6) is 0 Å². The molecular formula is C19H20FN5O2. The van der Waals surface area contributed by atoms with Crippen LogP contribution in [-0.4, -0.2) is 41.8 Å². The number of aryl methyl sites for hydroxylation is 1. The van der Waals surface area contributed by atoms with Gasteiger partial charge in [0.25, 0.3) is 0 Å². The van der Waals surface area contributed by atoms with E-state index in [-0.39, 0.29) is 18.1 Å². The number of halogens is 1. The van der Waals surface area contributed by atoms with Crippen LogP contribution in [0.1, 0.15) is 28.9 Å². The highest BCUT2D eigenvalue weighted by molar-refractivity contribution is 5.78. The molecule has 0 saturated carbocycles. The first-order chi connectivity index (χ1) is 13.0. The number of carbonyl (C=O) groups is 1. The zero-order valence-corrected chi connectivity index (χ0v) is 14.9. The molecule has 0 fully saturated rings. The first-order valence-corrected chi connectivity index (χ1v) is 8.75. The van der Waals surface area contributed by atoms with E-state index in [0.717, 1.165) is 11.3 Å². The summed E-state index contributed by atoms with van der Waals surface area (Å²) in [5.41, 5.74) is 2.18. The first kappa shape index (κ1) is 17.4. The first-order valence-electron chi connectivity index (χ1n) is 8.75. The number of benzene rings is 1. The van der Waals surface area contributed by atoms with E-state index in [0.29, 0.717) is 31.2 Å². The molecule has 4 rings (SSSR count). The van der Waals surface area contributed by atoms with Gasteiger partial charge in [0, 0.05) is 26.0 Å². The molecule has 1 aliphatic heterocycles. The fraction of sp³-hybridized carbons (Fsp3) is 0.316. The van der Waals surface area contributed by atoms with E-state index in [1.165, 1.54) is 12.1 Å². The zero-order valence-electron chi connectivity index (χ0n) is 14.9. The summed E-state index contributed by atoms with van der Waals surface area (Å²) in [6, 6.07) is 7.79. The van der Waals surface area contributed by atoms with Gasteiger partial charge in [0.15, 0.2) is 6.10 Å². The number of amides is 1. The van der Waals surface area contributed by atoms with Crippen LogP contribution in [0.2, 0.25) is 0 Å².